The van der Waals surface area contributed by atoms with Crippen molar-refractivity contribution in [1.82, 2.24) is 19.4 Å². The van der Waals surface area contributed by atoms with Gasteiger partial charge in [0.15, 0.2) is 0 Å². The SMILES string of the molecule is O=C(CCn1ccc(=O)[nH]c1=O)N1CCO[C@@H](c2cccnc2)C1. The highest BCUT2D eigenvalue weighted by Crippen LogP contribution is 2.21. The van der Waals surface area contributed by atoms with E-state index in [1.54, 1.807) is 17.3 Å². The maximum atomic E-state index is 12.4. The molecule has 1 atom stereocenters. The average Bonchev–Trinajstić information content (AvgIpc) is 2.61. The van der Waals surface area contributed by atoms with E-state index in [1.807, 2.05) is 12.1 Å². The molecule has 0 unspecified atom stereocenters. The van der Waals surface area contributed by atoms with E-state index in [0.717, 1.165) is 5.56 Å². The molecule has 0 radical (unpaired) electrons. The molecule has 3 heterocycles. The Morgan fingerprint density at radius 2 is 2.25 bits per heavy atom. The van der Waals surface area contributed by atoms with Crippen LogP contribution in [0.3, 0.4) is 0 Å². The van der Waals surface area contributed by atoms with Crippen molar-refractivity contribution in [2.75, 3.05) is 19.7 Å². The summed E-state index contributed by atoms with van der Waals surface area (Å²) in [5.41, 5.74) is -0.0209. The average molecular weight is 330 g/mol. The van der Waals surface area contributed by atoms with Gasteiger partial charge in [0.25, 0.3) is 5.56 Å². The summed E-state index contributed by atoms with van der Waals surface area (Å²) in [6, 6.07) is 5.02. The number of H-pyrrole nitrogens is 1. The highest BCUT2D eigenvalue weighted by Gasteiger charge is 2.25. The molecule has 0 saturated carbocycles. The number of morpholine rings is 1. The van der Waals surface area contributed by atoms with Crippen LogP contribution in [-0.2, 0) is 16.1 Å². The fourth-order valence-corrected chi connectivity index (χ4v) is 2.64. The molecule has 0 spiro atoms. The van der Waals surface area contributed by atoms with Gasteiger partial charge in [-0.05, 0) is 6.07 Å². The summed E-state index contributed by atoms with van der Waals surface area (Å²) >= 11 is 0. The summed E-state index contributed by atoms with van der Waals surface area (Å²) in [5, 5.41) is 0. The molecule has 2 aromatic rings. The van der Waals surface area contributed by atoms with E-state index < -0.39 is 11.2 Å². The molecule has 1 amide bonds. The quantitative estimate of drug-likeness (QED) is 0.846. The van der Waals surface area contributed by atoms with E-state index in [0.29, 0.717) is 19.7 Å². The Hall–Kier alpha value is -2.74. The Labute approximate surface area is 137 Å². The molecule has 1 aliphatic heterocycles. The number of nitrogens with zero attached hydrogens (tertiary/aromatic N) is 3. The van der Waals surface area contributed by atoms with Crippen molar-refractivity contribution in [1.29, 1.82) is 0 Å². The van der Waals surface area contributed by atoms with Gasteiger partial charge in [0.05, 0.1) is 13.2 Å². The van der Waals surface area contributed by atoms with Gasteiger partial charge < -0.3 is 14.2 Å². The normalized spacial score (nSPS) is 17.7. The van der Waals surface area contributed by atoms with Crippen LogP contribution in [-0.4, -0.2) is 45.0 Å². The fourth-order valence-electron chi connectivity index (χ4n) is 2.64. The Kier molecular flexibility index (Phi) is 4.85. The zero-order valence-electron chi connectivity index (χ0n) is 13.1. The van der Waals surface area contributed by atoms with E-state index in [4.69, 9.17) is 4.74 Å². The van der Waals surface area contributed by atoms with Gasteiger partial charge in [-0.3, -0.25) is 19.6 Å². The van der Waals surface area contributed by atoms with Crippen molar-refractivity contribution < 1.29 is 9.53 Å². The number of pyridine rings is 1. The predicted octanol–water partition coefficient (Wildman–Crippen LogP) is -0.0782. The highest BCUT2D eigenvalue weighted by molar-refractivity contribution is 5.76. The first-order valence-electron chi connectivity index (χ1n) is 7.72. The van der Waals surface area contributed by atoms with Gasteiger partial charge in [-0.25, -0.2) is 4.79 Å². The maximum Gasteiger partial charge on any atom is 0.328 e. The van der Waals surface area contributed by atoms with Crippen LogP contribution in [0, 0.1) is 0 Å². The number of hydrogen-bond donors (Lipinski definition) is 1. The van der Waals surface area contributed by atoms with Crippen molar-refractivity contribution in [2.45, 2.75) is 19.1 Å². The molecule has 0 bridgehead atoms. The number of ether oxygens (including phenoxy) is 1. The van der Waals surface area contributed by atoms with E-state index in [-0.39, 0.29) is 25.0 Å². The lowest BCUT2D eigenvalue weighted by molar-refractivity contribution is -0.139. The number of hydrogen-bond acceptors (Lipinski definition) is 5. The molecule has 8 heteroatoms. The number of aryl methyl sites for hydroxylation is 1. The fraction of sp³-hybridized carbons (Fsp3) is 0.375. The summed E-state index contributed by atoms with van der Waals surface area (Å²) in [5.74, 6) is -0.0507. The van der Waals surface area contributed by atoms with Crippen LogP contribution in [0.25, 0.3) is 0 Å². The van der Waals surface area contributed by atoms with Crippen LogP contribution in [0.5, 0.6) is 0 Å². The number of carbonyl (C=O) groups excluding carboxylic acids is 1. The summed E-state index contributed by atoms with van der Waals surface area (Å²) < 4.78 is 7.03. The Morgan fingerprint density at radius 1 is 1.38 bits per heavy atom. The minimum atomic E-state index is -0.509. The predicted molar refractivity (Wildman–Crippen MR) is 85.4 cm³/mol. The Bertz CT molecular complexity index is 815. The Morgan fingerprint density at radius 3 is 3.00 bits per heavy atom. The minimum absolute atomic E-state index is 0.0507. The van der Waals surface area contributed by atoms with E-state index >= 15 is 0 Å². The van der Waals surface area contributed by atoms with E-state index in [2.05, 4.69) is 9.97 Å². The molecular weight excluding hydrogens is 312 g/mol. The summed E-state index contributed by atoms with van der Waals surface area (Å²) in [4.78, 5) is 43.0. The van der Waals surface area contributed by atoms with Gasteiger partial charge >= 0.3 is 5.69 Å². The second-order valence-electron chi connectivity index (χ2n) is 5.54. The van der Waals surface area contributed by atoms with Crippen molar-refractivity contribution in [2.24, 2.45) is 0 Å². The number of aromatic nitrogens is 3. The molecule has 1 N–H and O–H groups in total. The molecule has 0 aliphatic carbocycles. The van der Waals surface area contributed by atoms with Crippen molar-refractivity contribution in [3.63, 3.8) is 0 Å². The molecule has 1 fully saturated rings. The van der Waals surface area contributed by atoms with Gasteiger partial charge in [-0.2, -0.15) is 0 Å². The lowest BCUT2D eigenvalue weighted by atomic mass is 10.1. The number of rotatable bonds is 4. The second kappa shape index (κ2) is 7.22. The van der Waals surface area contributed by atoms with Crippen molar-refractivity contribution >= 4 is 5.91 Å². The zero-order chi connectivity index (χ0) is 16.9. The zero-order valence-corrected chi connectivity index (χ0v) is 13.1. The van der Waals surface area contributed by atoms with Crippen LogP contribution < -0.4 is 11.2 Å². The van der Waals surface area contributed by atoms with Crippen molar-refractivity contribution in [3.8, 4) is 0 Å². The maximum absolute atomic E-state index is 12.4. The third-order valence-electron chi connectivity index (χ3n) is 3.94. The summed E-state index contributed by atoms with van der Waals surface area (Å²) in [6.45, 7) is 1.68. The molecule has 24 heavy (non-hydrogen) atoms. The smallest absolute Gasteiger partial charge is 0.328 e. The third kappa shape index (κ3) is 3.77. The Balaban J connectivity index is 1.60. The number of carbonyl (C=O) groups is 1. The third-order valence-corrected chi connectivity index (χ3v) is 3.94. The lowest BCUT2D eigenvalue weighted by Gasteiger charge is -2.33. The standard InChI is InChI=1S/C16H18N4O4/c21-14-3-6-19(16(23)18-14)7-4-15(22)20-8-9-24-13(11-20)12-2-1-5-17-10-12/h1-3,5-6,10,13H,4,7-9,11H2,(H,18,21,23)/t13-/m1/s1. The van der Waals surface area contributed by atoms with Crippen molar-refractivity contribution in [3.05, 3.63) is 63.2 Å². The van der Waals surface area contributed by atoms with Gasteiger partial charge in [0.1, 0.15) is 6.10 Å². The molecule has 2 aromatic heterocycles. The number of amides is 1. The summed E-state index contributed by atoms with van der Waals surface area (Å²) in [6.07, 6.45) is 4.82. The summed E-state index contributed by atoms with van der Waals surface area (Å²) in [7, 11) is 0. The van der Waals surface area contributed by atoms with Crippen LogP contribution in [0.1, 0.15) is 18.1 Å². The second-order valence-corrected chi connectivity index (χ2v) is 5.54. The first-order valence-corrected chi connectivity index (χ1v) is 7.72. The first kappa shape index (κ1) is 16.1. The van der Waals surface area contributed by atoms with Gasteiger partial charge in [-0.15, -0.1) is 0 Å². The molecule has 0 aromatic carbocycles. The number of aromatic amines is 1. The van der Waals surface area contributed by atoms with Crippen LogP contribution in [0.15, 0.2) is 46.4 Å². The van der Waals surface area contributed by atoms with Gasteiger partial charge in [0.2, 0.25) is 5.91 Å². The van der Waals surface area contributed by atoms with Crippen LogP contribution >= 0.6 is 0 Å². The van der Waals surface area contributed by atoms with E-state index in [9.17, 15) is 14.4 Å². The monoisotopic (exact) mass is 330 g/mol. The topological polar surface area (TPSA) is 97.3 Å². The van der Waals surface area contributed by atoms with Gasteiger partial charge in [-0.1, -0.05) is 6.07 Å². The number of nitrogens with one attached hydrogen (secondary N) is 1. The molecule has 1 saturated heterocycles. The van der Waals surface area contributed by atoms with Crippen LogP contribution in [0.4, 0.5) is 0 Å². The molecular formula is C16H18N4O4. The van der Waals surface area contributed by atoms with Gasteiger partial charge in [0, 0.05) is 49.7 Å². The molecule has 8 nitrogen and oxygen atoms in total. The lowest BCUT2D eigenvalue weighted by Crippen LogP contribution is -2.42. The van der Waals surface area contributed by atoms with Crippen LogP contribution in [0.2, 0.25) is 0 Å². The largest absolute Gasteiger partial charge is 0.370 e. The minimum Gasteiger partial charge on any atom is -0.370 e. The first-order chi connectivity index (χ1) is 11.6. The van der Waals surface area contributed by atoms with E-state index in [1.165, 1.54) is 16.8 Å². The highest BCUT2D eigenvalue weighted by atomic mass is 16.5. The molecule has 3 rings (SSSR count). The molecule has 1 aliphatic rings. The molecule has 126 valence electrons.